The Morgan fingerprint density at radius 1 is 1.05 bits per heavy atom. The predicted octanol–water partition coefficient (Wildman–Crippen LogP) is 3.56. The third-order valence-electron chi connectivity index (χ3n) is 3.77. The number of rotatable bonds is 7. The second-order valence-electron chi connectivity index (χ2n) is 5.86. The molecule has 1 unspecified atom stereocenters. The lowest BCUT2D eigenvalue weighted by Crippen LogP contribution is -2.16. The van der Waals surface area contributed by atoms with Crippen molar-refractivity contribution >= 4 is 0 Å². The minimum absolute atomic E-state index is 0.504. The van der Waals surface area contributed by atoms with Gasteiger partial charge in [-0.1, -0.05) is 42.5 Å². The number of aryl methyl sites for hydroxylation is 1. The largest absolute Gasteiger partial charge is 0.489 e. The van der Waals surface area contributed by atoms with E-state index in [1.807, 2.05) is 50.5 Å². The number of para-hydroxylation sites is 1. The second kappa shape index (κ2) is 7.97. The molecule has 2 aromatic rings. The molecule has 22 heavy (non-hydrogen) atoms. The maximum absolute atomic E-state index is 10.4. The van der Waals surface area contributed by atoms with Crippen molar-refractivity contribution in [1.82, 2.24) is 4.90 Å². The summed E-state index contributed by atoms with van der Waals surface area (Å²) in [5.74, 6) is 0.761. The lowest BCUT2D eigenvalue weighted by atomic mass is 10.1. The zero-order valence-corrected chi connectivity index (χ0v) is 13.6. The van der Waals surface area contributed by atoms with Crippen LogP contribution in [-0.4, -0.2) is 30.6 Å². The minimum atomic E-state index is -0.504. The van der Waals surface area contributed by atoms with Crippen LogP contribution in [0.5, 0.6) is 5.75 Å². The molecule has 1 N–H and O–H groups in total. The second-order valence-corrected chi connectivity index (χ2v) is 5.86. The Balaban J connectivity index is 2.06. The van der Waals surface area contributed by atoms with E-state index in [-0.39, 0.29) is 0 Å². The molecule has 2 aromatic carbocycles. The van der Waals surface area contributed by atoms with Crippen molar-refractivity contribution in [3.8, 4) is 5.75 Å². The van der Waals surface area contributed by atoms with Crippen molar-refractivity contribution in [3.05, 3.63) is 65.2 Å². The summed E-state index contributed by atoms with van der Waals surface area (Å²) in [6.45, 7) is 3.44. The van der Waals surface area contributed by atoms with Crippen LogP contribution in [0.2, 0.25) is 0 Å². The van der Waals surface area contributed by atoms with Crippen molar-refractivity contribution in [3.63, 3.8) is 0 Å². The van der Waals surface area contributed by atoms with Gasteiger partial charge >= 0.3 is 0 Å². The highest BCUT2D eigenvalue weighted by molar-refractivity contribution is 5.35. The summed E-state index contributed by atoms with van der Waals surface area (Å²) in [5.41, 5.74) is 3.24. The molecule has 0 fully saturated rings. The zero-order chi connectivity index (χ0) is 15.9. The third-order valence-corrected chi connectivity index (χ3v) is 3.77. The van der Waals surface area contributed by atoms with Gasteiger partial charge in [0.1, 0.15) is 12.4 Å². The molecular formula is C19H25NO2. The molecule has 0 aliphatic carbocycles. The quantitative estimate of drug-likeness (QED) is 0.848. The molecule has 0 spiro atoms. The lowest BCUT2D eigenvalue weighted by Gasteiger charge is -2.18. The molecule has 0 amide bonds. The minimum Gasteiger partial charge on any atom is -0.489 e. The van der Waals surface area contributed by atoms with Gasteiger partial charge in [-0.2, -0.15) is 0 Å². The number of aliphatic hydroxyl groups excluding tert-OH is 1. The van der Waals surface area contributed by atoms with Gasteiger partial charge in [-0.15, -0.1) is 0 Å². The molecule has 0 heterocycles. The fraction of sp³-hybridized carbons (Fsp3) is 0.368. The number of nitrogens with zero attached hydrogens (tertiary/aromatic N) is 1. The average Bonchev–Trinajstić information content (AvgIpc) is 2.52. The maximum atomic E-state index is 10.4. The van der Waals surface area contributed by atoms with E-state index in [0.717, 1.165) is 17.9 Å². The van der Waals surface area contributed by atoms with Crippen molar-refractivity contribution in [1.29, 1.82) is 0 Å². The predicted molar refractivity (Wildman–Crippen MR) is 90.1 cm³/mol. The van der Waals surface area contributed by atoms with Gasteiger partial charge in [-0.05, 0) is 44.6 Å². The zero-order valence-electron chi connectivity index (χ0n) is 13.6. The number of hydrogen-bond acceptors (Lipinski definition) is 3. The summed E-state index contributed by atoms with van der Waals surface area (Å²) in [5, 5.41) is 10.4. The van der Waals surface area contributed by atoms with Crippen LogP contribution in [-0.2, 0) is 6.61 Å². The molecule has 0 aliphatic rings. The SMILES string of the molecule is Cc1ccccc1COc1ccccc1C(O)CCN(C)C. The van der Waals surface area contributed by atoms with E-state index in [1.54, 1.807) is 0 Å². The van der Waals surface area contributed by atoms with Gasteiger partial charge < -0.3 is 14.7 Å². The van der Waals surface area contributed by atoms with Gasteiger partial charge in [-0.3, -0.25) is 0 Å². The Bertz CT molecular complexity index is 595. The highest BCUT2D eigenvalue weighted by Gasteiger charge is 2.13. The van der Waals surface area contributed by atoms with Gasteiger partial charge in [0.05, 0.1) is 6.10 Å². The summed E-state index contributed by atoms with van der Waals surface area (Å²) >= 11 is 0. The monoisotopic (exact) mass is 299 g/mol. The summed E-state index contributed by atoms with van der Waals surface area (Å²) in [6.07, 6.45) is 0.188. The molecule has 3 nitrogen and oxygen atoms in total. The Labute approximate surface area is 133 Å². The summed E-state index contributed by atoms with van der Waals surface area (Å²) in [4.78, 5) is 2.07. The van der Waals surface area contributed by atoms with Crippen molar-refractivity contribution in [2.75, 3.05) is 20.6 Å². The Kier molecular flexibility index (Phi) is 5.99. The normalized spacial score (nSPS) is 12.4. The van der Waals surface area contributed by atoms with E-state index in [2.05, 4.69) is 24.0 Å². The molecule has 118 valence electrons. The highest BCUT2D eigenvalue weighted by atomic mass is 16.5. The van der Waals surface area contributed by atoms with E-state index >= 15 is 0 Å². The van der Waals surface area contributed by atoms with E-state index in [1.165, 1.54) is 11.1 Å². The van der Waals surface area contributed by atoms with E-state index in [0.29, 0.717) is 13.0 Å². The number of ether oxygens (including phenoxy) is 1. The van der Waals surface area contributed by atoms with Gasteiger partial charge in [0.25, 0.3) is 0 Å². The fourth-order valence-electron chi connectivity index (χ4n) is 2.35. The first-order chi connectivity index (χ1) is 10.6. The lowest BCUT2D eigenvalue weighted by molar-refractivity contribution is 0.148. The highest BCUT2D eigenvalue weighted by Crippen LogP contribution is 2.28. The molecule has 2 rings (SSSR count). The topological polar surface area (TPSA) is 32.7 Å². The van der Waals surface area contributed by atoms with Crippen molar-refractivity contribution in [2.45, 2.75) is 26.1 Å². The molecular weight excluding hydrogens is 274 g/mol. The first-order valence-corrected chi connectivity index (χ1v) is 7.67. The summed E-state index contributed by atoms with van der Waals surface area (Å²) < 4.78 is 5.96. The molecule has 3 heteroatoms. The number of benzene rings is 2. The summed E-state index contributed by atoms with van der Waals surface area (Å²) in [6, 6.07) is 15.9. The maximum Gasteiger partial charge on any atom is 0.125 e. The van der Waals surface area contributed by atoms with E-state index in [4.69, 9.17) is 4.74 Å². The molecule has 0 aromatic heterocycles. The van der Waals surface area contributed by atoms with Crippen LogP contribution in [0.1, 0.15) is 29.2 Å². The van der Waals surface area contributed by atoms with Crippen LogP contribution in [0.25, 0.3) is 0 Å². The van der Waals surface area contributed by atoms with E-state index < -0.39 is 6.10 Å². The summed E-state index contributed by atoms with van der Waals surface area (Å²) in [7, 11) is 4.01. The van der Waals surface area contributed by atoms with Crippen LogP contribution in [0, 0.1) is 6.92 Å². The van der Waals surface area contributed by atoms with Crippen molar-refractivity contribution < 1.29 is 9.84 Å². The van der Waals surface area contributed by atoms with Crippen molar-refractivity contribution in [2.24, 2.45) is 0 Å². The van der Waals surface area contributed by atoms with Crippen LogP contribution in [0.3, 0.4) is 0 Å². The van der Waals surface area contributed by atoms with Crippen LogP contribution in [0.15, 0.2) is 48.5 Å². The molecule has 0 saturated carbocycles. The third kappa shape index (κ3) is 4.58. The molecule has 0 saturated heterocycles. The van der Waals surface area contributed by atoms with Crippen LogP contribution in [0.4, 0.5) is 0 Å². The molecule has 0 aliphatic heterocycles. The van der Waals surface area contributed by atoms with Gasteiger partial charge in [0, 0.05) is 12.1 Å². The Hall–Kier alpha value is -1.84. The van der Waals surface area contributed by atoms with Crippen LogP contribution >= 0.6 is 0 Å². The van der Waals surface area contributed by atoms with Gasteiger partial charge in [0.2, 0.25) is 0 Å². The first kappa shape index (κ1) is 16.5. The molecule has 0 radical (unpaired) electrons. The Morgan fingerprint density at radius 2 is 1.73 bits per heavy atom. The van der Waals surface area contributed by atoms with Gasteiger partial charge in [0.15, 0.2) is 0 Å². The molecule has 0 bridgehead atoms. The Morgan fingerprint density at radius 3 is 2.45 bits per heavy atom. The fourth-order valence-corrected chi connectivity index (χ4v) is 2.35. The standard InChI is InChI=1S/C19H25NO2/c1-15-8-4-5-9-16(15)14-22-19-11-7-6-10-17(19)18(21)12-13-20(2)3/h4-11,18,21H,12-14H2,1-3H3. The van der Waals surface area contributed by atoms with Gasteiger partial charge in [-0.25, -0.2) is 0 Å². The number of hydrogen-bond donors (Lipinski definition) is 1. The van der Waals surface area contributed by atoms with Crippen LogP contribution < -0.4 is 4.74 Å². The number of aliphatic hydroxyl groups is 1. The smallest absolute Gasteiger partial charge is 0.125 e. The molecule has 1 atom stereocenters. The average molecular weight is 299 g/mol. The first-order valence-electron chi connectivity index (χ1n) is 7.67. The van der Waals surface area contributed by atoms with E-state index in [9.17, 15) is 5.11 Å².